The van der Waals surface area contributed by atoms with E-state index in [0.717, 1.165) is 35.5 Å². The van der Waals surface area contributed by atoms with Crippen LogP contribution in [-0.2, 0) is 4.79 Å². The molecule has 0 fully saturated rings. The van der Waals surface area contributed by atoms with Crippen LogP contribution in [0.25, 0.3) is 11.1 Å². The number of amides is 1. The number of para-hydroxylation sites is 1. The summed E-state index contributed by atoms with van der Waals surface area (Å²) in [7, 11) is 1.76. The van der Waals surface area contributed by atoms with E-state index in [0.29, 0.717) is 17.7 Å². The Hall–Kier alpha value is -3.33. The van der Waals surface area contributed by atoms with E-state index in [1.807, 2.05) is 42.5 Å². The number of benzene rings is 2. The van der Waals surface area contributed by atoms with E-state index in [-0.39, 0.29) is 5.71 Å². The van der Waals surface area contributed by atoms with Crippen molar-refractivity contribution in [1.82, 2.24) is 0 Å². The summed E-state index contributed by atoms with van der Waals surface area (Å²) in [4.78, 5) is 10.9. The Morgan fingerprint density at radius 2 is 2.08 bits per heavy atom. The fraction of sp³-hybridized carbons (Fsp3) is 0.211. The Bertz CT molecular complexity index is 823. The van der Waals surface area contributed by atoms with E-state index >= 15 is 0 Å². The molecule has 0 heterocycles. The topological polar surface area (TPSA) is 101 Å². The van der Waals surface area contributed by atoms with Gasteiger partial charge in [0.15, 0.2) is 0 Å². The van der Waals surface area contributed by atoms with E-state index in [2.05, 4.69) is 22.9 Å². The van der Waals surface area contributed by atoms with Gasteiger partial charge in [0.05, 0.1) is 11.4 Å². The summed E-state index contributed by atoms with van der Waals surface area (Å²) in [5, 5.41) is 26.0. The third-order valence-electron chi connectivity index (χ3n) is 3.81. The Morgan fingerprint density at radius 3 is 2.72 bits per heavy atom. The first kappa shape index (κ1) is 18.0. The third-order valence-corrected chi connectivity index (χ3v) is 3.81. The normalized spacial score (nSPS) is 9.80. The number of hydrogen-bond acceptors (Lipinski definition) is 5. The zero-order valence-electron chi connectivity index (χ0n) is 14.3. The number of carbonyl (C=O) groups is 1. The van der Waals surface area contributed by atoms with E-state index in [1.54, 1.807) is 7.05 Å². The van der Waals surface area contributed by atoms with Crippen LogP contribution in [0.2, 0.25) is 0 Å². The van der Waals surface area contributed by atoms with Crippen molar-refractivity contribution < 1.29 is 4.79 Å². The summed E-state index contributed by atoms with van der Waals surface area (Å²) in [5.74, 6) is 0. The van der Waals surface area contributed by atoms with E-state index in [4.69, 9.17) is 10.7 Å². The van der Waals surface area contributed by atoms with Crippen LogP contribution < -0.4 is 16.0 Å². The number of nitrogens with zero attached hydrogens (tertiary/aromatic N) is 1. The lowest BCUT2D eigenvalue weighted by molar-refractivity contribution is -0.105. The highest BCUT2D eigenvalue weighted by atomic mass is 16.1. The van der Waals surface area contributed by atoms with Gasteiger partial charge in [-0.1, -0.05) is 25.1 Å². The van der Waals surface area contributed by atoms with E-state index < -0.39 is 0 Å². The molecule has 128 valence electrons. The van der Waals surface area contributed by atoms with Crippen LogP contribution in [0.1, 0.15) is 18.9 Å². The van der Waals surface area contributed by atoms with Crippen LogP contribution in [0.3, 0.4) is 0 Å². The maximum absolute atomic E-state index is 10.9. The molecule has 0 aliphatic heterocycles. The fourth-order valence-corrected chi connectivity index (χ4v) is 2.61. The smallest absolute Gasteiger partial charge is 0.211 e. The van der Waals surface area contributed by atoms with Gasteiger partial charge in [-0.3, -0.25) is 10.2 Å². The molecule has 0 aliphatic rings. The molecule has 2 aromatic rings. The molecule has 6 nitrogen and oxygen atoms in total. The number of carbonyl (C=O) groups excluding carboxylic acids is 1. The average molecular weight is 335 g/mol. The fourth-order valence-electron chi connectivity index (χ4n) is 2.61. The lowest BCUT2D eigenvalue weighted by atomic mass is 9.97. The van der Waals surface area contributed by atoms with Crippen LogP contribution in [0.5, 0.6) is 0 Å². The summed E-state index contributed by atoms with van der Waals surface area (Å²) >= 11 is 0. The van der Waals surface area contributed by atoms with Gasteiger partial charge in [-0.2, -0.15) is 5.26 Å². The molecule has 0 radical (unpaired) electrons. The molecule has 6 heteroatoms. The maximum Gasteiger partial charge on any atom is 0.211 e. The molecule has 25 heavy (non-hydrogen) atoms. The molecule has 2 aromatic carbocycles. The number of rotatable bonds is 8. The quantitative estimate of drug-likeness (QED) is 0.437. The maximum atomic E-state index is 10.9. The van der Waals surface area contributed by atoms with Gasteiger partial charge in [-0.25, -0.2) is 0 Å². The minimum absolute atomic E-state index is 0.101. The summed E-state index contributed by atoms with van der Waals surface area (Å²) in [6, 6.07) is 13.1. The lowest BCUT2D eigenvalue weighted by Crippen LogP contribution is -2.07. The zero-order valence-corrected chi connectivity index (χ0v) is 14.3. The summed E-state index contributed by atoms with van der Waals surface area (Å²) < 4.78 is 0. The second kappa shape index (κ2) is 8.50. The summed E-state index contributed by atoms with van der Waals surface area (Å²) in [5.41, 5.74) is 4.44. The molecular formula is C19H21N5O. The Kier molecular flexibility index (Phi) is 6.13. The highest BCUT2D eigenvalue weighted by molar-refractivity contribution is 6.13. The summed E-state index contributed by atoms with van der Waals surface area (Å²) in [6.45, 7) is 2.83. The minimum Gasteiger partial charge on any atom is -0.388 e. The molecule has 2 rings (SSSR count). The molecule has 0 unspecified atom stereocenters. The van der Waals surface area contributed by atoms with Crippen LogP contribution in [0, 0.1) is 16.7 Å². The van der Waals surface area contributed by atoms with Gasteiger partial charge in [0, 0.05) is 30.4 Å². The van der Waals surface area contributed by atoms with E-state index in [9.17, 15) is 4.79 Å². The van der Waals surface area contributed by atoms with E-state index in [1.165, 1.54) is 0 Å². The lowest BCUT2D eigenvalue weighted by Gasteiger charge is -2.17. The van der Waals surface area contributed by atoms with Crippen molar-refractivity contribution in [2.45, 2.75) is 13.3 Å². The van der Waals surface area contributed by atoms with Crippen molar-refractivity contribution in [1.29, 1.82) is 10.7 Å². The highest BCUT2D eigenvalue weighted by Gasteiger charge is 2.13. The van der Waals surface area contributed by atoms with Crippen molar-refractivity contribution in [2.24, 2.45) is 0 Å². The SMILES string of the molecule is CCCNc1c(NC=O)cccc1-c1ccc(NC)c(C(=N)C#N)c1. The second-order valence-corrected chi connectivity index (χ2v) is 5.41. The van der Waals surface area contributed by atoms with Gasteiger partial charge >= 0.3 is 0 Å². The first-order chi connectivity index (χ1) is 12.2. The van der Waals surface area contributed by atoms with Crippen molar-refractivity contribution in [3.8, 4) is 17.2 Å². The van der Waals surface area contributed by atoms with Crippen LogP contribution >= 0.6 is 0 Å². The molecule has 1 amide bonds. The number of hydrogen-bond donors (Lipinski definition) is 4. The first-order valence-corrected chi connectivity index (χ1v) is 8.04. The van der Waals surface area contributed by atoms with Crippen molar-refractivity contribution >= 4 is 29.2 Å². The molecule has 0 aliphatic carbocycles. The van der Waals surface area contributed by atoms with Crippen LogP contribution in [0.15, 0.2) is 36.4 Å². The minimum atomic E-state index is -0.101. The van der Waals surface area contributed by atoms with Gasteiger partial charge in [0.25, 0.3) is 0 Å². The van der Waals surface area contributed by atoms with Crippen molar-refractivity contribution in [3.63, 3.8) is 0 Å². The Balaban J connectivity index is 2.61. The zero-order chi connectivity index (χ0) is 18.2. The summed E-state index contributed by atoms with van der Waals surface area (Å²) in [6.07, 6.45) is 1.59. The molecule has 0 spiro atoms. The Morgan fingerprint density at radius 1 is 1.28 bits per heavy atom. The largest absolute Gasteiger partial charge is 0.388 e. The predicted octanol–water partition coefficient (Wildman–Crippen LogP) is 3.68. The molecule has 0 saturated carbocycles. The van der Waals surface area contributed by atoms with Gasteiger partial charge in [-0.15, -0.1) is 0 Å². The standard InChI is InChI=1S/C19H21N5O/c1-3-9-23-19-14(5-4-6-18(19)24-12-25)13-7-8-17(22-2)15(10-13)16(21)11-20/h4-8,10,12,21-23H,3,9H2,1-2H3,(H,24,25). The number of nitrogens with one attached hydrogen (secondary N) is 4. The monoisotopic (exact) mass is 335 g/mol. The van der Waals surface area contributed by atoms with Gasteiger partial charge in [0.2, 0.25) is 6.41 Å². The van der Waals surface area contributed by atoms with Crippen LogP contribution in [0.4, 0.5) is 17.1 Å². The Labute approximate surface area is 147 Å². The molecule has 4 N–H and O–H groups in total. The number of nitriles is 1. The molecule has 0 aromatic heterocycles. The molecule has 0 saturated heterocycles. The highest BCUT2D eigenvalue weighted by Crippen LogP contribution is 2.35. The average Bonchev–Trinajstić information content (AvgIpc) is 2.65. The van der Waals surface area contributed by atoms with Gasteiger partial charge in [0.1, 0.15) is 11.8 Å². The predicted molar refractivity (Wildman–Crippen MR) is 102 cm³/mol. The molecular weight excluding hydrogens is 314 g/mol. The molecule has 0 bridgehead atoms. The van der Waals surface area contributed by atoms with Gasteiger partial charge < -0.3 is 16.0 Å². The molecule has 0 atom stereocenters. The third kappa shape index (κ3) is 3.96. The first-order valence-electron chi connectivity index (χ1n) is 8.04. The number of anilines is 3. The van der Waals surface area contributed by atoms with Gasteiger partial charge in [-0.05, 0) is 30.2 Å². The van der Waals surface area contributed by atoms with Crippen LogP contribution in [-0.4, -0.2) is 25.7 Å². The van der Waals surface area contributed by atoms with Crippen molar-refractivity contribution in [3.05, 3.63) is 42.0 Å². The second-order valence-electron chi connectivity index (χ2n) is 5.41. The van der Waals surface area contributed by atoms with Crippen molar-refractivity contribution in [2.75, 3.05) is 29.5 Å².